The van der Waals surface area contributed by atoms with E-state index in [0.717, 1.165) is 24.0 Å². The standard InChI is InChI=1S/C15H22FN3O/c1-10-2-3-12(15(18)20)9-19(10)8-11-4-5-14(16)6-13(11)7-17/h4-6,10,12H,2-3,7-9,17H2,1H3,(H2,18,20). The SMILES string of the molecule is CC1CCC(C(N)=O)CN1Cc1ccc(F)cc1CN. The monoisotopic (exact) mass is 279 g/mol. The van der Waals surface area contributed by atoms with Gasteiger partial charge in [0.2, 0.25) is 5.91 Å². The summed E-state index contributed by atoms with van der Waals surface area (Å²) < 4.78 is 13.2. The van der Waals surface area contributed by atoms with Gasteiger partial charge >= 0.3 is 0 Å². The van der Waals surface area contributed by atoms with Gasteiger partial charge in [-0.05, 0) is 43.0 Å². The molecule has 0 radical (unpaired) electrons. The van der Waals surface area contributed by atoms with E-state index in [1.807, 2.05) is 0 Å². The van der Waals surface area contributed by atoms with Crippen molar-refractivity contribution in [2.24, 2.45) is 17.4 Å². The lowest BCUT2D eigenvalue weighted by atomic mass is 9.92. The van der Waals surface area contributed by atoms with Gasteiger partial charge in [0.25, 0.3) is 0 Å². The third-order valence-corrected chi connectivity index (χ3v) is 4.18. The lowest BCUT2D eigenvalue weighted by Crippen LogP contribution is -2.45. The second-order valence-corrected chi connectivity index (χ2v) is 5.57. The molecule has 5 heteroatoms. The maximum atomic E-state index is 13.2. The van der Waals surface area contributed by atoms with Crippen molar-refractivity contribution in [3.05, 3.63) is 35.1 Å². The van der Waals surface area contributed by atoms with Crippen LogP contribution in [0.25, 0.3) is 0 Å². The predicted octanol–water partition coefficient (Wildman–Crippen LogP) is 1.37. The van der Waals surface area contributed by atoms with Crippen molar-refractivity contribution in [3.8, 4) is 0 Å². The van der Waals surface area contributed by atoms with Gasteiger partial charge < -0.3 is 11.5 Å². The zero-order valence-electron chi connectivity index (χ0n) is 11.8. The molecule has 20 heavy (non-hydrogen) atoms. The van der Waals surface area contributed by atoms with E-state index in [1.165, 1.54) is 12.1 Å². The molecule has 0 bridgehead atoms. The molecular formula is C15H22FN3O. The largest absolute Gasteiger partial charge is 0.369 e. The average molecular weight is 279 g/mol. The first-order valence-corrected chi connectivity index (χ1v) is 7.02. The van der Waals surface area contributed by atoms with E-state index in [1.54, 1.807) is 6.07 Å². The van der Waals surface area contributed by atoms with Crippen LogP contribution in [0.2, 0.25) is 0 Å². The molecule has 1 amide bonds. The maximum absolute atomic E-state index is 13.2. The summed E-state index contributed by atoms with van der Waals surface area (Å²) in [5.74, 6) is -0.594. The Morgan fingerprint density at radius 2 is 2.15 bits per heavy atom. The van der Waals surface area contributed by atoms with Gasteiger partial charge in [0.05, 0.1) is 5.92 Å². The van der Waals surface area contributed by atoms with Crippen molar-refractivity contribution in [2.45, 2.75) is 38.9 Å². The Bertz CT molecular complexity index is 492. The number of carbonyl (C=O) groups is 1. The van der Waals surface area contributed by atoms with Crippen LogP contribution in [0.15, 0.2) is 18.2 Å². The number of nitrogens with zero attached hydrogens (tertiary/aromatic N) is 1. The van der Waals surface area contributed by atoms with Gasteiger partial charge in [-0.3, -0.25) is 9.69 Å². The van der Waals surface area contributed by atoms with Crippen LogP contribution in [0.5, 0.6) is 0 Å². The highest BCUT2D eigenvalue weighted by atomic mass is 19.1. The molecule has 0 saturated carbocycles. The number of likely N-dealkylation sites (tertiary alicyclic amines) is 1. The minimum absolute atomic E-state index is 0.0898. The van der Waals surface area contributed by atoms with Gasteiger partial charge in [-0.25, -0.2) is 4.39 Å². The van der Waals surface area contributed by atoms with E-state index >= 15 is 0 Å². The Kier molecular flexibility index (Phi) is 4.73. The van der Waals surface area contributed by atoms with Crippen molar-refractivity contribution in [3.63, 3.8) is 0 Å². The summed E-state index contributed by atoms with van der Waals surface area (Å²) >= 11 is 0. The smallest absolute Gasteiger partial charge is 0.221 e. The number of amides is 1. The van der Waals surface area contributed by atoms with Crippen molar-refractivity contribution >= 4 is 5.91 Å². The lowest BCUT2D eigenvalue weighted by Gasteiger charge is -2.37. The maximum Gasteiger partial charge on any atom is 0.221 e. The third-order valence-electron chi connectivity index (χ3n) is 4.18. The fraction of sp³-hybridized carbons (Fsp3) is 0.533. The molecule has 0 aliphatic carbocycles. The molecule has 2 unspecified atom stereocenters. The van der Waals surface area contributed by atoms with Crippen LogP contribution >= 0.6 is 0 Å². The van der Waals surface area contributed by atoms with Crippen LogP contribution in [0.3, 0.4) is 0 Å². The molecule has 1 aromatic rings. The summed E-state index contributed by atoms with van der Waals surface area (Å²) in [7, 11) is 0. The number of halogens is 1. The number of benzene rings is 1. The Morgan fingerprint density at radius 3 is 2.80 bits per heavy atom. The van der Waals surface area contributed by atoms with E-state index in [0.29, 0.717) is 25.7 Å². The van der Waals surface area contributed by atoms with Crippen LogP contribution in [0.1, 0.15) is 30.9 Å². The van der Waals surface area contributed by atoms with Crippen LogP contribution in [0.4, 0.5) is 4.39 Å². The van der Waals surface area contributed by atoms with Crippen LogP contribution in [-0.2, 0) is 17.9 Å². The number of nitrogens with two attached hydrogens (primary N) is 2. The normalized spacial score (nSPS) is 23.8. The van der Waals surface area contributed by atoms with E-state index in [4.69, 9.17) is 11.5 Å². The van der Waals surface area contributed by atoms with Crippen molar-refractivity contribution in [1.29, 1.82) is 0 Å². The molecule has 1 heterocycles. The molecule has 0 aromatic heterocycles. The van der Waals surface area contributed by atoms with Gasteiger partial charge in [0.15, 0.2) is 0 Å². The molecule has 1 aliphatic rings. The molecule has 4 nitrogen and oxygen atoms in total. The van der Waals surface area contributed by atoms with Crippen LogP contribution in [0, 0.1) is 11.7 Å². The molecule has 110 valence electrons. The van der Waals surface area contributed by atoms with E-state index in [9.17, 15) is 9.18 Å². The highest BCUT2D eigenvalue weighted by molar-refractivity contribution is 5.77. The van der Waals surface area contributed by atoms with Gasteiger partial charge in [-0.2, -0.15) is 0 Å². The highest BCUT2D eigenvalue weighted by Gasteiger charge is 2.28. The van der Waals surface area contributed by atoms with Crippen molar-refractivity contribution < 1.29 is 9.18 Å². The first-order valence-electron chi connectivity index (χ1n) is 7.02. The first-order chi connectivity index (χ1) is 9.51. The molecule has 2 atom stereocenters. The van der Waals surface area contributed by atoms with Crippen LogP contribution < -0.4 is 11.5 Å². The van der Waals surface area contributed by atoms with Crippen molar-refractivity contribution in [2.75, 3.05) is 6.54 Å². The molecular weight excluding hydrogens is 257 g/mol. The predicted molar refractivity (Wildman–Crippen MR) is 76.1 cm³/mol. The highest BCUT2D eigenvalue weighted by Crippen LogP contribution is 2.24. The van der Waals surface area contributed by atoms with Gasteiger partial charge in [-0.1, -0.05) is 6.07 Å². The number of rotatable bonds is 4. The van der Waals surface area contributed by atoms with Gasteiger partial charge in [-0.15, -0.1) is 0 Å². The minimum atomic E-state index is -0.268. The van der Waals surface area contributed by atoms with E-state index < -0.39 is 0 Å². The molecule has 1 fully saturated rings. The summed E-state index contributed by atoms with van der Waals surface area (Å²) in [4.78, 5) is 13.6. The fourth-order valence-electron chi connectivity index (χ4n) is 2.79. The quantitative estimate of drug-likeness (QED) is 0.874. The Morgan fingerprint density at radius 1 is 1.40 bits per heavy atom. The number of piperidine rings is 1. The number of hydrogen-bond acceptors (Lipinski definition) is 3. The summed E-state index contributed by atoms with van der Waals surface area (Å²) in [6.45, 7) is 3.80. The van der Waals surface area contributed by atoms with E-state index in [-0.39, 0.29) is 17.6 Å². The Hall–Kier alpha value is -1.46. The zero-order chi connectivity index (χ0) is 14.7. The van der Waals surface area contributed by atoms with E-state index in [2.05, 4.69) is 11.8 Å². The number of hydrogen-bond donors (Lipinski definition) is 2. The Labute approximate surface area is 118 Å². The summed E-state index contributed by atoms with van der Waals surface area (Å²) in [6, 6.07) is 5.10. The second kappa shape index (κ2) is 6.33. The summed E-state index contributed by atoms with van der Waals surface area (Å²) in [5.41, 5.74) is 12.9. The molecule has 1 aliphatic heterocycles. The lowest BCUT2D eigenvalue weighted by molar-refractivity contribution is -0.124. The second-order valence-electron chi connectivity index (χ2n) is 5.57. The van der Waals surface area contributed by atoms with Crippen LogP contribution in [-0.4, -0.2) is 23.4 Å². The molecule has 4 N–H and O–H groups in total. The molecule has 0 spiro atoms. The fourth-order valence-corrected chi connectivity index (χ4v) is 2.79. The topological polar surface area (TPSA) is 72.4 Å². The minimum Gasteiger partial charge on any atom is -0.369 e. The average Bonchev–Trinajstić information content (AvgIpc) is 2.42. The third kappa shape index (κ3) is 3.35. The van der Waals surface area contributed by atoms with Gasteiger partial charge in [0.1, 0.15) is 5.82 Å². The van der Waals surface area contributed by atoms with Gasteiger partial charge in [0, 0.05) is 25.7 Å². The van der Waals surface area contributed by atoms with Crippen molar-refractivity contribution in [1.82, 2.24) is 4.90 Å². The summed E-state index contributed by atoms with van der Waals surface area (Å²) in [6.07, 6.45) is 1.80. The number of primary amides is 1. The zero-order valence-corrected chi connectivity index (χ0v) is 11.8. The summed E-state index contributed by atoms with van der Waals surface area (Å²) in [5, 5.41) is 0. The first kappa shape index (κ1) is 14.9. The number of carbonyl (C=O) groups excluding carboxylic acids is 1. The molecule has 1 saturated heterocycles. The molecule has 1 aromatic carbocycles. The Balaban J connectivity index is 2.13. The molecule has 2 rings (SSSR count).